The first kappa shape index (κ1) is 14.1. The van der Waals surface area contributed by atoms with Crippen LogP contribution in [0.4, 0.5) is 0 Å². The molecule has 0 aromatic heterocycles. The van der Waals surface area contributed by atoms with Crippen molar-refractivity contribution in [3.63, 3.8) is 0 Å². The van der Waals surface area contributed by atoms with Gasteiger partial charge in [0.25, 0.3) is 0 Å². The van der Waals surface area contributed by atoms with Crippen LogP contribution in [-0.2, 0) is 11.8 Å². The molecule has 1 fully saturated rings. The average molecular weight is 272 g/mol. The van der Waals surface area contributed by atoms with Crippen LogP contribution >= 0.6 is 0 Å². The third kappa shape index (κ3) is 2.51. The van der Waals surface area contributed by atoms with Gasteiger partial charge in [0, 0.05) is 32.2 Å². The van der Waals surface area contributed by atoms with Gasteiger partial charge in [-0.05, 0) is 34.4 Å². The van der Waals surface area contributed by atoms with Crippen molar-refractivity contribution in [2.75, 3.05) is 26.2 Å². The van der Waals surface area contributed by atoms with Crippen molar-refractivity contribution in [2.24, 2.45) is 5.92 Å². The largest absolute Gasteiger partial charge is 0.314 e. The van der Waals surface area contributed by atoms with Crippen LogP contribution in [0.25, 0.3) is 0 Å². The summed E-state index contributed by atoms with van der Waals surface area (Å²) in [5.74, 6) is 0.748. The fraction of sp³-hybridized carbons (Fsp3) is 0.667. The number of hydrogen-bond donors (Lipinski definition) is 1. The van der Waals surface area contributed by atoms with Crippen molar-refractivity contribution in [1.29, 1.82) is 0 Å². The van der Waals surface area contributed by atoms with E-state index < -0.39 is 0 Å². The summed E-state index contributed by atoms with van der Waals surface area (Å²) < 4.78 is 0. The average Bonchev–Trinajstić information content (AvgIpc) is 2.73. The highest BCUT2D eigenvalue weighted by Gasteiger charge is 2.35. The topological polar surface area (TPSA) is 15.3 Å². The normalized spacial score (nSPS) is 27.6. The van der Waals surface area contributed by atoms with Crippen molar-refractivity contribution in [3.05, 3.63) is 34.9 Å². The van der Waals surface area contributed by atoms with Gasteiger partial charge in [-0.1, -0.05) is 45.9 Å². The lowest BCUT2D eigenvalue weighted by molar-refractivity contribution is 0.141. The quantitative estimate of drug-likeness (QED) is 0.845. The van der Waals surface area contributed by atoms with E-state index in [-0.39, 0.29) is 5.41 Å². The van der Waals surface area contributed by atoms with Crippen molar-refractivity contribution in [1.82, 2.24) is 10.2 Å². The highest BCUT2D eigenvalue weighted by Crippen LogP contribution is 2.41. The van der Waals surface area contributed by atoms with E-state index in [9.17, 15) is 0 Å². The first-order valence-corrected chi connectivity index (χ1v) is 8.05. The summed E-state index contributed by atoms with van der Waals surface area (Å²) in [6.07, 6.45) is 1.24. The minimum Gasteiger partial charge on any atom is -0.314 e. The molecule has 1 N–H and O–H groups in total. The second-order valence-corrected chi connectivity index (χ2v) is 7.58. The Balaban J connectivity index is 1.95. The third-order valence-electron chi connectivity index (χ3n) is 4.96. The molecule has 1 aliphatic carbocycles. The van der Waals surface area contributed by atoms with Crippen molar-refractivity contribution in [2.45, 2.75) is 45.6 Å². The number of benzene rings is 1. The van der Waals surface area contributed by atoms with Gasteiger partial charge in [-0.2, -0.15) is 0 Å². The van der Waals surface area contributed by atoms with E-state index in [2.05, 4.69) is 56.1 Å². The summed E-state index contributed by atoms with van der Waals surface area (Å²) in [7, 11) is 0. The molecule has 0 bridgehead atoms. The Labute approximate surface area is 123 Å². The Bertz CT molecular complexity index is 481. The molecule has 3 rings (SSSR count). The van der Waals surface area contributed by atoms with Gasteiger partial charge in [-0.15, -0.1) is 0 Å². The van der Waals surface area contributed by atoms with Crippen molar-refractivity contribution in [3.8, 4) is 0 Å². The lowest BCUT2D eigenvalue weighted by Gasteiger charge is -2.36. The minimum absolute atomic E-state index is 0.245. The summed E-state index contributed by atoms with van der Waals surface area (Å²) in [6.45, 7) is 14.0. The second-order valence-electron chi connectivity index (χ2n) is 7.58. The summed E-state index contributed by atoms with van der Waals surface area (Å²) in [4.78, 5) is 2.69. The van der Waals surface area contributed by atoms with Gasteiger partial charge in [-0.25, -0.2) is 0 Å². The van der Waals surface area contributed by atoms with Gasteiger partial charge in [0.05, 0.1) is 0 Å². The van der Waals surface area contributed by atoms with Crippen LogP contribution in [0.15, 0.2) is 18.2 Å². The Kier molecular flexibility index (Phi) is 3.64. The van der Waals surface area contributed by atoms with E-state index in [0.29, 0.717) is 6.04 Å². The molecular formula is C18H28N2. The molecule has 1 aromatic rings. The minimum atomic E-state index is 0.245. The zero-order valence-corrected chi connectivity index (χ0v) is 13.4. The fourth-order valence-electron chi connectivity index (χ4n) is 3.80. The molecule has 1 saturated heterocycles. The summed E-state index contributed by atoms with van der Waals surface area (Å²) in [5, 5.41) is 3.47. The number of nitrogens with one attached hydrogen (secondary N) is 1. The number of piperazine rings is 1. The molecule has 1 heterocycles. The lowest BCUT2D eigenvalue weighted by atomic mass is 9.85. The Morgan fingerprint density at radius 1 is 1.15 bits per heavy atom. The molecule has 2 nitrogen and oxygen atoms in total. The molecule has 20 heavy (non-hydrogen) atoms. The molecule has 110 valence electrons. The van der Waals surface area contributed by atoms with Crippen LogP contribution in [-0.4, -0.2) is 31.1 Å². The molecule has 2 unspecified atom stereocenters. The number of nitrogens with zero attached hydrogens (tertiary/aromatic N) is 1. The van der Waals surface area contributed by atoms with Gasteiger partial charge < -0.3 is 5.32 Å². The standard InChI is InChI=1S/C18H28N2/c1-13-11-14-5-6-15(18(2,3)4)12-16(14)17(13)20-9-7-19-8-10-20/h5-6,12-13,17,19H,7-11H2,1-4H3. The Hall–Kier alpha value is -0.860. The summed E-state index contributed by atoms with van der Waals surface area (Å²) >= 11 is 0. The van der Waals surface area contributed by atoms with Crippen LogP contribution in [0.1, 0.15) is 50.4 Å². The van der Waals surface area contributed by atoms with E-state index in [1.165, 1.54) is 25.1 Å². The van der Waals surface area contributed by atoms with E-state index in [1.54, 1.807) is 11.1 Å². The Morgan fingerprint density at radius 2 is 1.85 bits per heavy atom. The van der Waals surface area contributed by atoms with E-state index in [4.69, 9.17) is 0 Å². The van der Waals surface area contributed by atoms with Crippen LogP contribution < -0.4 is 5.32 Å². The molecule has 0 spiro atoms. The lowest BCUT2D eigenvalue weighted by Crippen LogP contribution is -2.45. The second kappa shape index (κ2) is 5.16. The van der Waals surface area contributed by atoms with Gasteiger partial charge in [0.15, 0.2) is 0 Å². The SMILES string of the molecule is CC1Cc2ccc(C(C)(C)C)cc2C1N1CCNCC1. The number of hydrogen-bond acceptors (Lipinski definition) is 2. The summed E-state index contributed by atoms with van der Waals surface area (Å²) in [6, 6.07) is 7.85. The molecule has 1 aromatic carbocycles. The van der Waals surface area contributed by atoms with Crippen LogP contribution in [0.3, 0.4) is 0 Å². The third-order valence-corrected chi connectivity index (χ3v) is 4.96. The predicted molar refractivity (Wildman–Crippen MR) is 85.2 cm³/mol. The highest BCUT2D eigenvalue weighted by atomic mass is 15.2. The van der Waals surface area contributed by atoms with Gasteiger partial charge in [0.1, 0.15) is 0 Å². The highest BCUT2D eigenvalue weighted by molar-refractivity contribution is 5.41. The molecule has 0 amide bonds. The van der Waals surface area contributed by atoms with Crippen molar-refractivity contribution < 1.29 is 0 Å². The summed E-state index contributed by atoms with van der Waals surface area (Å²) in [5.41, 5.74) is 4.90. The molecule has 2 atom stereocenters. The molecule has 0 saturated carbocycles. The predicted octanol–water partition coefficient (Wildman–Crippen LogP) is 3.12. The van der Waals surface area contributed by atoms with Crippen LogP contribution in [0, 0.1) is 5.92 Å². The van der Waals surface area contributed by atoms with Crippen LogP contribution in [0.2, 0.25) is 0 Å². The maximum atomic E-state index is 3.47. The molecule has 0 radical (unpaired) electrons. The maximum absolute atomic E-state index is 3.47. The molecule has 2 heteroatoms. The van der Waals surface area contributed by atoms with Gasteiger partial charge >= 0.3 is 0 Å². The van der Waals surface area contributed by atoms with E-state index in [1.807, 2.05) is 0 Å². The first-order valence-electron chi connectivity index (χ1n) is 8.05. The number of fused-ring (bicyclic) bond motifs is 1. The van der Waals surface area contributed by atoms with E-state index >= 15 is 0 Å². The number of rotatable bonds is 1. The monoisotopic (exact) mass is 272 g/mol. The zero-order valence-electron chi connectivity index (χ0n) is 13.4. The van der Waals surface area contributed by atoms with Crippen molar-refractivity contribution >= 4 is 0 Å². The zero-order chi connectivity index (χ0) is 14.3. The Morgan fingerprint density at radius 3 is 2.50 bits per heavy atom. The molecule has 1 aliphatic heterocycles. The first-order chi connectivity index (χ1) is 9.47. The molecular weight excluding hydrogens is 244 g/mol. The molecule has 2 aliphatic rings. The smallest absolute Gasteiger partial charge is 0.0380 e. The van der Waals surface area contributed by atoms with Gasteiger partial charge in [0.2, 0.25) is 0 Å². The maximum Gasteiger partial charge on any atom is 0.0380 e. The van der Waals surface area contributed by atoms with Crippen LogP contribution in [0.5, 0.6) is 0 Å². The fourth-order valence-corrected chi connectivity index (χ4v) is 3.80. The van der Waals surface area contributed by atoms with Gasteiger partial charge in [-0.3, -0.25) is 4.90 Å². The van der Waals surface area contributed by atoms with E-state index in [0.717, 1.165) is 19.0 Å².